The molecule has 2 rings (SSSR count). The zero-order chi connectivity index (χ0) is 16.5. The number of carbonyl (C=O) groups excluding carboxylic acids is 1. The standard InChI is InChI=1S/C14H18FN3O4/c1-8(2)12(20)22-7-14(6-19)3-9(14)4-18-5-10(15)11(16)17-13(18)21/h4-5,8,19H,3,6-7H2,1-2H3,(H2,16,17,21)/b9-4-. The summed E-state index contributed by atoms with van der Waals surface area (Å²) in [7, 11) is 0. The van der Waals surface area contributed by atoms with Gasteiger partial charge in [-0.3, -0.25) is 9.36 Å². The first-order valence-corrected chi connectivity index (χ1v) is 6.82. The van der Waals surface area contributed by atoms with Crippen molar-refractivity contribution >= 4 is 18.0 Å². The van der Waals surface area contributed by atoms with E-state index in [9.17, 15) is 19.1 Å². The lowest BCUT2D eigenvalue weighted by atomic mass is 10.1. The topological polar surface area (TPSA) is 107 Å². The maximum absolute atomic E-state index is 13.4. The predicted molar refractivity (Wildman–Crippen MR) is 77.1 cm³/mol. The minimum absolute atomic E-state index is 0.0198. The van der Waals surface area contributed by atoms with Crippen LogP contribution in [0.4, 0.5) is 10.2 Å². The summed E-state index contributed by atoms with van der Waals surface area (Å²) in [5.41, 5.74) is 4.46. The van der Waals surface area contributed by atoms with Crippen LogP contribution in [-0.4, -0.2) is 33.8 Å². The van der Waals surface area contributed by atoms with Crippen LogP contribution in [0.5, 0.6) is 0 Å². The van der Waals surface area contributed by atoms with Gasteiger partial charge in [-0.1, -0.05) is 13.8 Å². The number of aliphatic hydroxyl groups is 1. The predicted octanol–water partition coefficient (Wildman–Crippen LogP) is 0.387. The summed E-state index contributed by atoms with van der Waals surface area (Å²) in [6, 6.07) is 0. The van der Waals surface area contributed by atoms with Crippen LogP contribution in [0, 0.1) is 17.2 Å². The van der Waals surface area contributed by atoms with E-state index < -0.39 is 22.7 Å². The molecule has 22 heavy (non-hydrogen) atoms. The van der Waals surface area contributed by atoms with Gasteiger partial charge < -0.3 is 15.6 Å². The Morgan fingerprint density at radius 3 is 2.95 bits per heavy atom. The van der Waals surface area contributed by atoms with Crippen molar-refractivity contribution in [2.75, 3.05) is 18.9 Å². The number of nitrogens with two attached hydrogens (primary N) is 1. The Bertz CT molecular complexity index is 683. The Labute approximate surface area is 126 Å². The summed E-state index contributed by atoms with van der Waals surface area (Å²) in [4.78, 5) is 26.4. The van der Waals surface area contributed by atoms with Gasteiger partial charge in [-0.05, 0) is 12.0 Å². The number of nitrogen functional groups attached to an aromatic ring is 1. The number of aliphatic hydroxyl groups excluding tert-OH is 1. The van der Waals surface area contributed by atoms with E-state index in [-0.39, 0.29) is 25.1 Å². The number of carbonyl (C=O) groups is 1. The summed E-state index contributed by atoms with van der Waals surface area (Å²) in [6.07, 6.45) is 2.77. The Hall–Kier alpha value is -2.22. The molecule has 0 saturated heterocycles. The summed E-state index contributed by atoms with van der Waals surface area (Å²) in [6.45, 7) is 3.20. The van der Waals surface area contributed by atoms with Gasteiger partial charge in [0.1, 0.15) is 6.61 Å². The number of hydrogen-bond donors (Lipinski definition) is 2. The fourth-order valence-electron chi connectivity index (χ4n) is 1.94. The fraction of sp³-hybridized carbons (Fsp3) is 0.500. The highest BCUT2D eigenvalue weighted by atomic mass is 19.1. The molecule has 120 valence electrons. The van der Waals surface area contributed by atoms with Gasteiger partial charge in [0.05, 0.1) is 24.1 Å². The number of hydrogen-bond acceptors (Lipinski definition) is 6. The number of esters is 1. The first kappa shape index (κ1) is 16.2. The lowest BCUT2D eigenvalue weighted by Crippen LogP contribution is -2.23. The second-order valence-electron chi connectivity index (χ2n) is 5.70. The van der Waals surface area contributed by atoms with Crippen LogP contribution >= 0.6 is 0 Å². The average molecular weight is 311 g/mol. The van der Waals surface area contributed by atoms with Crippen molar-refractivity contribution in [3.05, 3.63) is 28.1 Å². The molecule has 1 unspecified atom stereocenters. The molecule has 1 aromatic rings. The number of rotatable bonds is 5. The van der Waals surface area contributed by atoms with E-state index in [0.29, 0.717) is 12.0 Å². The van der Waals surface area contributed by atoms with E-state index in [1.807, 2.05) is 0 Å². The number of anilines is 1. The Kier molecular flexibility index (Phi) is 4.32. The summed E-state index contributed by atoms with van der Waals surface area (Å²) in [5.74, 6) is -1.90. The summed E-state index contributed by atoms with van der Waals surface area (Å²) >= 11 is 0. The molecule has 0 aromatic carbocycles. The maximum atomic E-state index is 13.4. The number of halogens is 1. The van der Waals surface area contributed by atoms with Crippen LogP contribution in [-0.2, 0) is 9.53 Å². The van der Waals surface area contributed by atoms with Gasteiger partial charge in [-0.2, -0.15) is 4.98 Å². The lowest BCUT2D eigenvalue weighted by Gasteiger charge is -2.13. The molecule has 8 heteroatoms. The zero-order valence-corrected chi connectivity index (χ0v) is 12.4. The van der Waals surface area contributed by atoms with Crippen LogP contribution in [0.2, 0.25) is 0 Å². The molecule has 1 fully saturated rings. The number of nitrogens with zero attached hydrogens (tertiary/aromatic N) is 2. The molecule has 1 aromatic heterocycles. The minimum Gasteiger partial charge on any atom is -0.464 e. The number of ether oxygens (including phenoxy) is 1. The molecule has 0 radical (unpaired) electrons. The third kappa shape index (κ3) is 3.16. The first-order valence-electron chi connectivity index (χ1n) is 6.82. The molecule has 1 heterocycles. The summed E-state index contributed by atoms with van der Waals surface area (Å²) < 4.78 is 19.4. The monoisotopic (exact) mass is 311 g/mol. The zero-order valence-electron chi connectivity index (χ0n) is 12.4. The maximum Gasteiger partial charge on any atom is 0.353 e. The van der Waals surface area contributed by atoms with E-state index in [4.69, 9.17) is 10.5 Å². The van der Waals surface area contributed by atoms with Gasteiger partial charge in [0, 0.05) is 6.20 Å². The Morgan fingerprint density at radius 2 is 2.36 bits per heavy atom. The smallest absolute Gasteiger partial charge is 0.353 e. The van der Waals surface area contributed by atoms with Crippen molar-refractivity contribution in [2.45, 2.75) is 20.3 Å². The van der Waals surface area contributed by atoms with Gasteiger partial charge in [-0.25, -0.2) is 9.18 Å². The highest BCUT2D eigenvalue weighted by molar-refractivity contribution is 5.71. The Balaban J connectivity index is 2.16. The molecule has 1 atom stereocenters. The molecule has 1 saturated carbocycles. The van der Waals surface area contributed by atoms with E-state index in [0.717, 1.165) is 10.8 Å². The molecular weight excluding hydrogens is 293 g/mol. The molecule has 0 amide bonds. The van der Waals surface area contributed by atoms with Crippen LogP contribution in [0.15, 0.2) is 16.6 Å². The Morgan fingerprint density at radius 1 is 1.68 bits per heavy atom. The minimum atomic E-state index is -0.807. The van der Waals surface area contributed by atoms with E-state index in [1.54, 1.807) is 13.8 Å². The molecular formula is C14H18FN3O4. The molecule has 0 bridgehead atoms. The quantitative estimate of drug-likeness (QED) is 0.762. The van der Waals surface area contributed by atoms with Gasteiger partial charge in [-0.15, -0.1) is 0 Å². The second-order valence-corrected chi connectivity index (χ2v) is 5.70. The van der Waals surface area contributed by atoms with Crippen molar-refractivity contribution in [3.63, 3.8) is 0 Å². The average Bonchev–Trinajstić information content (AvgIpc) is 3.15. The molecule has 1 aliphatic rings. The van der Waals surface area contributed by atoms with Gasteiger partial charge in [0.2, 0.25) is 0 Å². The molecule has 0 aliphatic heterocycles. The van der Waals surface area contributed by atoms with Crippen molar-refractivity contribution in [3.8, 4) is 0 Å². The van der Waals surface area contributed by atoms with Crippen LogP contribution in [0.25, 0.3) is 6.20 Å². The normalized spacial score (nSPS) is 22.1. The highest BCUT2D eigenvalue weighted by Gasteiger charge is 2.50. The van der Waals surface area contributed by atoms with Crippen molar-refractivity contribution in [1.29, 1.82) is 0 Å². The molecule has 1 aliphatic carbocycles. The van der Waals surface area contributed by atoms with Gasteiger partial charge in [0.15, 0.2) is 11.6 Å². The molecule has 0 spiro atoms. The van der Waals surface area contributed by atoms with Gasteiger partial charge in [0.25, 0.3) is 0 Å². The van der Waals surface area contributed by atoms with E-state index >= 15 is 0 Å². The van der Waals surface area contributed by atoms with Crippen molar-refractivity contribution in [1.82, 2.24) is 9.55 Å². The first-order chi connectivity index (χ1) is 10.3. The third-order valence-corrected chi connectivity index (χ3v) is 3.58. The van der Waals surface area contributed by atoms with Crippen LogP contribution in [0.1, 0.15) is 20.3 Å². The highest BCUT2D eigenvalue weighted by Crippen LogP contribution is 2.52. The summed E-state index contributed by atoms with van der Waals surface area (Å²) in [5, 5.41) is 9.50. The molecule has 3 N–H and O–H groups in total. The van der Waals surface area contributed by atoms with Gasteiger partial charge >= 0.3 is 11.7 Å². The van der Waals surface area contributed by atoms with Crippen molar-refractivity contribution in [2.24, 2.45) is 11.3 Å². The molecule has 7 nitrogen and oxygen atoms in total. The fourth-order valence-corrected chi connectivity index (χ4v) is 1.94. The largest absolute Gasteiger partial charge is 0.464 e. The van der Waals surface area contributed by atoms with Crippen molar-refractivity contribution < 1.29 is 19.0 Å². The van der Waals surface area contributed by atoms with E-state index in [1.165, 1.54) is 6.20 Å². The number of aromatic nitrogens is 2. The third-order valence-electron chi connectivity index (χ3n) is 3.58. The van der Waals surface area contributed by atoms with Crippen LogP contribution < -0.4 is 11.4 Å². The lowest BCUT2D eigenvalue weighted by molar-refractivity contribution is -0.149. The van der Waals surface area contributed by atoms with E-state index in [2.05, 4.69) is 4.98 Å². The second kappa shape index (κ2) is 5.88. The van der Waals surface area contributed by atoms with Crippen LogP contribution in [0.3, 0.4) is 0 Å². The SMILES string of the molecule is CC(C)C(=O)OCC1(CO)C/C1=C/n1cc(F)c(N)nc1=O.